The van der Waals surface area contributed by atoms with Crippen LogP contribution >= 0.6 is 11.3 Å². The summed E-state index contributed by atoms with van der Waals surface area (Å²) in [4.78, 5) is 27.5. The van der Waals surface area contributed by atoms with E-state index in [-0.39, 0.29) is 0 Å². The second-order valence-corrected chi connectivity index (χ2v) is 6.98. The Bertz CT molecular complexity index is 661. The van der Waals surface area contributed by atoms with Crippen LogP contribution in [0, 0.1) is 6.92 Å². The Kier molecular flexibility index (Phi) is 4.57. The summed E-state index contributed by atoms with van der Waals surface area (Å²) >= 11 is 1.70. The summed E-state index contributed by atoms with van der Waals surface area (Å²) in [5.41, 5.74) is 0. The monoisotopic (exact) mass is 318 g/mol. The summed E-state index contributed by atoms with van der Waals surface area (Å²) in [5.74, 6) is 1.30. The predicted molar refractivity (Wildman–Crippen MR) is 90.5 cm³/mol. The van der Waals surface area contributed by atoms with Crippen LogP contribution in [0.15, 0.2) is 12.4 Å². The molecule has 0 bridgehead atoms. The summed E-state index contributed by atoms with van der Waals surface area (Å²) in [6.07, 6.45) is 4.38. The van der Waals surface area contributed by atoms with Crippen LogP contribution in [0.5, 0.6) is 0 Å². The van der Waals surface area contributed by atoms with Crippen molar-refractivity contribution >= 4 is 33.3 Å². The van der Waals surface area contributed by atoms with Crippen molar-refractivity contribution in [3.63, 3.8) is 0 Å². The van der Waals surface area contributed by atoms with Crippen LogP contribution in [0.1, 0.15) is 31.1 Å². The molecule has 2 aromatic heterocycles. The Morgan fingerprint density at radius 2 is 2.05 bits per heavy atom. The Morgan fingerprint density at radius 1 is 1.27 bits per heavy atom. The maximum Gasteiger partial charge on any atom is 0.222 e. The van der Waals surface area contributed by atoms with Gasteiger partial charge in [-0.25, -0.2) is 9.97 Å². The average Bonchev–Trinajstić information content (AvgIpc) is 2.92. The number of hydrogen-bond donors (Lipinski definition) is 0. The van der Waals surface area contributed by atoms with Crippen molar-refractivity contribution in [1.82, 2.24) is 14.9 Å². The van der Waals surface area contributed by atoms with Crippen LogP contribution in [0.25, 0.3) is 10.2 Å². The number of carbonyl (C=O) groups is 1. The fourth-order valence-electron chi connectivity index (χ4n) is 2.87. The first-order valence-electron chi connectivity index (χ1n) is 7.93. The van der Waals surface area contributed by atoms with Crippen LogP contribution in [0.4, 0.5) is 5.82 Å². The molecule has 0 N–H and O–H groups in total. The highest BCUT2D eigenvalue weighted by Crippen LogP contribution is 2.30. The molecule has 0 aliphatic carbocycles. The smallest absolute Gasteiger partial charge is 0.222 e. The van der Waals surface area contributed by atoms with E-state index in [1.807, 2.05) is 4.90 Å². The van der Waals surface area contributed by atoms with Gasteiger partial charge in [0.05, 0.1) is 5.39 Å². The first kappa shape index (κ1) is 15.2. The van der Waals surface area contributed by atoms with Crippen molar-refractivity contribution in [2.45, 2.75) is 33.1 Å². The minimum Gasteiger partial charge on any atom is -0.352 e. The fourth-order valence-corrected chi connectivity index (χ4v) is 3.71. The van der Waals surface area contributed by atoms with Gasteiger partial charge in [-0.15, -0.1) is 11.3 Å². The lowest BCUT2D eigenvalue weighted by Gasteiger charge is -2.35. The van der Waals surface area contributed by atoms with Crippen molar-refractivity contribution in [1.29, 1.82) is 0 Å². The second kappa shape index (κ2) is 6.60. The molecule has 118 valence electrons. The van der Waals surface area contributed by atoms with Crippen molar-refractivity contribution in [3.8, 4) is 0 Å². The molecular weight excluding hydrogens is 296 g/mol. The van der Waals surface area contributed by atoms with Gasteiger partial charge in [-0.3, -0.25) is 4.79 Å². The van der Waals surface area contributed by atoms with E-state index in [1.54, 1.807) is 17.7 Å². The van der Waals surface area contributed by atoms with Gasteiger partial charge in [-0.1, -0.05) is 13.3 Å². The number of anilines is 1. The maximum absolute atomic E-state index is 12.1. The largest absolute Gasteiger partial charge is 0.352 e. The zero-order valence-corrected chi connectivity index (χ0v) is 14.0. The SMILES string of the molecule is CCCCC(=O)N1CCN(c2ncnc3sc(C)cc23)CC1. The summed E-state index contributed by atoms with van der Waals surface area (Å²) in [7, 11) is 0. The van der Waals surface area contributed by atoms with Crippen LogP contribution < -0.4 is 4.90 Å². The fraction of sp³-hybridized carbons (Fsp3) is 0.562. The zero-order chi connectivity index (χ0) is 15.5. The number of aromatic nitrogens is 2. The molecule has 3 heterocycles. The summed E-state index contributed by atoms with van der Waals surface area (Å²) in [5, 5.41) is 1.13. The molecule has 0 saturated carbocycles. The molecule has 2 aromatic rings. The molecule has 1 fully saturated rings. The second-order valence-electron chi connectivity index (χ2n) is 5.74. The lowest BCUT2D eigenvalue weighted by atomic mass is 10.2. The van der Waals surface area contributed by atoms with Crippen molar-refractivity contribution in [3.05, 3.63) is 17.3 Å². The number of hydrogen-bond acceptors (Lipinski definition) is 5. The minimum atomic E-state index is 0.292. The van der Waals surface area contributed by atoms with Gasteiger partial charge in [0, 0.05) is 37.5 Å². The Morgan fingerprint density at radius 3 is 2.77 bits per heavy atom. The molecule has 0 spiro atoms. The van der Waals surface area contributed by atoms with E-state index < -0.39 is 0 Å². The van der Waals surface area contributed by atoms with E-state index >= 15 is 0 Å². The lowest BCUT2D eigenvalue weighted by molar-refractivity contribution is -0.131. The van der Waals surface area contributed by atoms with Gasteiger partial charge >= 0.3 is 0 Å². The Hall–Kier alpha value is -1.69. The number of rotatable bonds is 4. The molecular formula is C16H22N4OS. The van der Waals surface area contributed by atoms with Gasteiger partial charge in [0.2, 0.25) is 5.91 Å². The normalized spacial score (nSPS) is 15.5. The summed E-state index contributed by atoms with van der Waals surface area (Å²) in [6, 6.07) is 2.16. The maximum atomic E-state index is 12.1. The van der Waals surface area contributed by atoms with Crippen molar-refractivity contribution in [2.75, 3.05) is 31.1 Å². The van der Waals surface area contributed by atoms with E-state index in [0.29, 0.717) is 12.3 Å². The molecule has 0 unspecified atom stereocenters. The Balaban J connectivity index is 1.69. The third-order valence-corrected chi connectivity index (χ3v) is 5.07. The van der Waals surface area contributed by atoms with Crippen molar-refractivity contribution < 1.29 is 4.79 Å². The van der Waals surface area contributed by atoms with Gasteiger partial charge < -0.3 is 9.80 Å². The molecule has 1 saturated heterocycles. The number of amides is 1. The van der Waals surface area contributed by atoms with Crippen LogP contribution in [0.2, 0.25) is 0 Å². The summed E-state index contributed by atoms with van der Waals surface area (Å²) < 4.78 is 0. The molecule has 0 radical (unpaired) electrons. The number of thiophene rings is 1. The number of aryl methyl sites for hydroxylation is 1. The van der Waals surface area contributed by atoms with E-state index in [2.05, 4.69) is 34.8 Å². The molecule has 1 aliphatic rings. The van der Waals surface area contributed by atoms with Gasteiger partial charge in [0.1, 0.15) is 17.0 Å². The van der Waals surface area contributed by atoms with Crippen LogP contribution in [0.3, 0.4) is 0 Å². The van der Waals surface area contributed by atoms with E-state index in [9.17, 15) is 4.79 Å². The third kappa shape index (κ3) is 3.06. The topological polar surface area (TPSA) is 49.3 Å². The first-order valence-corrected chi connectivity index (χ1v) is 8.74. The molecule has 1 aliphatic heterocycles. The summed E-state index contributed by atoms with van der Waals surface area (Å²) in [6.45, 7) is 7.49. The highest BCUT2D eigenvalue weighted by molar-refractivity contribution is 7.18. The van der Waals surface area contributed by atoms with E-state index in [1.165, 1.54) is 4.88 Å². The van der Waals surface area contributed by atoms with Gasteiger partial charge in [0.15, 0.2) is 0 Å². The highest BCUT2D eigenvalue weighted by Gasteiger charge is 2.23. The highest BCUT2D eigenvalue weighted by atomic mass is 32.1. The predicted octanol–water partition coefficient (Wildman–Crippen LogP) is 2.84. The Labute approximate surface area is 135 Å². The number of fused-ring (bicyclic) bond motifs is 1. The van der Waals surface area contributed by atoms with E-state index in [4.69, 9.17) is 0 Å². The van der Waals surface area contributed by atoms with Crippen LogP contribution in [-0.2, 0) is 4.79 Å². The number of piperazine rings is 1. The molecule has 0 atom stereocenters. The molecule has 6 heteroatoms. The number of carbonyl (C=O) groups excluding carboxylic acids is 1. The molecule has 0 aromatic carbocycles. The van der Waals surface area contributed by atoms with Gasteiger partial charge in [-0.2, -0.15) is 0 Å². The number of unbranched alkanes of at least 4 members (excludes halogenated alkanes) is 1. The number of nitrogens with zero attached hydrogens (tertiary/aromatic N) is 4. The third-order valence-electron chi connectivity index (χ3n) is 4.11. The van der Waals surface area contributed by atoms with Crippen LogP contribution in [-0.4, -0.2) is 47.0 Å². The molecule has 1 amide bonds. The average molecular weight is 318 g/mol. The standard InChI is InChI=1S/C16H22N4OS/c1-3-4-5-14(21)19-6-8-20(9-7-19)15-13-10-12(2)22-16(13)18-11-17-15/h10-11H,3-9H2,1-2H3. The molecule has 22 heavy (non-hydrogen) atoms. The first-order chi connectivity index (χ1) is 10.7. The molecule has 3 rings (SSSR count). The zero-order valence-electron chi connectivity index (χ0n) is 13.2. The minimum absolute atomic E-state index is 0.292. The molecule has 5 nitrogen and oxygen atoms in total. The van der Waals surface area contributed by atoms with Gasteiger partial charge in [0.25, 0.3) is 0 Å². The lowest BCUT2D eigenvalue weighted by Crippen LogP contribution is -2.49. The van der Waals surface area contributed by atoms with Crippen molar-refractivity contribution in [2.24, 2.45) is 0 Å². The van der Waals surface area contributed by atoms with E-state index in [0.717, 1.165) is 55.1 Å². The quantitative estimate of drug-likeness (QED) is 0.870. The van der Waals surface area contributed by atoms with Gasteiger partial charge in [-0.05, 0) is 19.4 Å².